The van der Waals surface area contributed by atoms with Gasteiger partial charge in [0.2, 0.25) is 0 Å². The molecule has 0 saturated carbocycles. The second-order valence-corrected chi connectivity index (χ2v) is 7.18. The molecular weight excluding hydrogens is 285 g/mol. The summed E-state index contributed by atoms with van der Waals surface area (Å²) in [6.07, 6.45) is 3.01. The van der Waals surface area contributed by atoms with E-state index in [1.54, 1.807) is 0 Å². The van der Waals surface area contributed by atoms with Gasteiger partial charge in [-0.05, 0) is 30.7 Å². The first kappa shape index (κ1) is 14.7. The van der Waals surface area contributed by atoms with Gasteiger partial charge >= 0.3 is 0 Å². The van der Waals surface area contributed by atoms with Crippen LogP contribution in [0, 0.1) is 0 Å². The molecule has 0 unspecified atom stereocenters. The van der Waals surface area contributed by atoms with Gasteiger partial charge in [-0.15, -0.1) is 0 Å². The van der Waals surface area contributed by atoms with Crippen LogP contribution in [0.4, 0.5) is 5.69 Å². The molecule has 0 radical (unpaired) electrons. The highest BCUT2D eigenvalue weighted by molar-refractivity contribution is 7.73. The van der Waals surface area contributed by atoms with Crippen molar-refractivity contribution >= 4 is 30.4 Å². The third kappa shape index (κ3) is 3.90. The molecular formula is C20H18NP. The molecule has 0 bridgehead atoms. The molecule has 1 nitrogen and oxygen atoms in total. The van der Waals surface area contributed by atoms with E-state index in [1.807, 2.05) is 30.3 Å². The summed E-state index contributed by atoms with van der Waals surface area (Å²) < 4.78 is 0. The van der Waals surface area contributed by atoms with Crippen molar-refractivity contribution in [3.05, 3.63) is 91.0 Å². The highest BCUT2D eigenvalue weighted by Gasteiger charge is 2.11. The van der Waals surface area contributed by atoms with Crippen molar-refractivity contribution in [1.82, 2.24) is 0 Å². The molecule has 22 heavy (non-hydrogen) atoms. The molecule has 0 heterocycles. The van der Waals surface area contributed by atoms with Crippen LogP contribution in [0.15, 0.2) is 96.0 Å². The van der Waals surface area contributed by atoms with E-state index in [1.165, 1.54) is 10.6 Å². The van der Waals surface area contributed by atoms with E-state index in [0.29, 0.717) is 0 Å². The minimum Gasteiger partial charge on any atom is -0.261 e. The SMILES string of the molecule is C(CP(c1ccccc1)c1ccccc1)=Nc1ccccc1. The fraction of sp³-hybridized carbons (Fsp3) is 0.0500. The second kappa shape index (κ2) is 7.68. The van der Waals surface area contributed by atoms with E-state index in [9.17, 15) is 0 Å². The maximum Gasteiger partial charge on any atom is 0.0625 e. The summed E-state index contributed by atoms with van der Waals surface area (Å²) in [5.41, 5.74) is 1.01. The smallest absolute Gasteiger partial charge is 0.0625 e. The Labute approximate surface area is 133 Å². The van der Waals surface area contributed by atoms with Crippen LogP contribution < -0.4 is 10.6 Å². The Hall–Kier alpha value is -2.24. The van der Waals surface area contributed by atoms with Crippen molar-refractivity contribution in [3.8, 4) is 0 Å². The molecule has 0 saturated heterocycles. The molecule has 0 amide bonds. The minimum absolute atomic E-state index is 0.396. The van der Waals surface area contributed by atoms with Crippen molar-refractivity contribution in [2.24, 2.45) is 4.99 Å². The van der Waals surface area contributed by atoms with Crippen LogP contribution in [0.5, 0.6) is 0 Å². The molecule has 0 atom stereocenters. The second-order valence-electron chi connectivity index (χ2n) is 4.93. The molecule has 0 aliphatic heterocycles. The van der Waals surface area contributed by atoms with Gasteiger partial charge < -0.3 is 0 Å². The van der Waals surface area contributed by atoms with Gasteiger partial charge in [0.25, 0.3) is 0 Å². The van der Waals surface area contributed by atoms with Gasteiger partial charge in [-0.2, -0.15) is 0 Å². The number of rotatable bonds is 5. The first-order chi connectivity index (χ1) is 10.9. The molecule has 0 aromatic heterocycles. The summed E-state index contributed by atoms with van der Waals surface area (Å²) in [6.45, 7) is 0. The van der Waals surface area contributed by atoms with Crippen LogP contribution >= 0.6 is 7.92 Å². The molecule has 0 fully saturated rings. The fourth-order valence-electron chi connectivity index (χ4n) is 2.32. The van der Waals surface area contributed by atoms with Crippen molar-refractivity contribution in [1.29, 1.82) is 0 Å². The van der Waals surface area contributed by atoms with E-state index in [4.69, 9.17) is 0 Å². The van der Waals surface area contributed by atoms with Crippen LogP contribution in [0.3, 0.4) is 0 Å². The first-order valence-electron chi connectivity index (χ1n) is 7.39. The highest BCUT2D eigenvalue weighted by Crippen LogP contribution is 2.32. The summed E-state index contributed by atoms with van der Waals surface area (Å²) in [5.74, 6) is 0. The summed E-state index contributed by atoms with van der Waals surface area (Å²) in [4.78, 5) is 4.59. The van der Waals surface area contributed by atoms with Crippen LogP contribution in [0.2, 0.25) is 0 Å². The zero-order chi connectivity index (χ0) is 15.0. The molecule has 3 rings (SSSR count). The Morgan fingerprint density at radius 1 is 0.636 bits per heavy atom. The van der Waals surface area contributed by atoms with E-state index >= 15 is 0 Å². The normalized spacial score (nSPS) is 11.1. The van der Waals surface area contributed by atoms with Gasteiger partial charge in [0, 0.05) is 12.4 Å². The maximum atomic E-state index is 4.59. The minimum atomic E-state index is -0.396. The molecule has 0 N–H and O–H groups in total. The Bertz CT molecular complexity index is 669. The van der Waals surface area contributed by atoms with Crippen molar-refractivity contribution < 1.29 is 0 Å². The van der Waals surface area contributed by atoms with Crippen LogP contribution in [-0.2, 0) is 0 Å². The summed E-state index contributed by atoms with van der Waals surface area (Å²) >= 11 is 0. The number of hydrogen-bond acceptors (Lipinski definition) is 1. The molecule has 108 valence electrons. The Morgan fingerprint density at radius 2 is 1.09 bits per heavy atom. The lowest BCUT2D eigenvalue weighted by Gasteiger charge is -2.16. The van der Waals surface area contributed by atoms with Gasteiger partial charge in [-0.1, -0.05) is 78.9 Å². The molecule has 2 heteroatoms. The summed E-state index contributed by atoms with van der Waals surface area (Å²) in [6, 6.07) is 31.6. The van der Waals surface area contributed by atoms with Crippen molar-refractivity contribution in [3.63, 3.8) is 0 Å². The standard InChI is InChI=1S/C20H18NP/c1-4-10-18(11-5-1)21-16-17-22(19-12-6-2-7-13-19)20-14-8-3-9-15-20/h1-16H,17H2. The van der Waals surface area contributed by atoms with Gasteiger partial charge in [0.05, 0.1) is 5.69 Å². The largest absolute Gasteiger partial charge is 0.261 e. The van der Waals surface area contributed by atoms with Gasteiger partial charge in [0.15, 0.2) is 0 Å². The average molecular weight is 303 g/mol. The van der Waals surface area contributed by atoms with E-state index in [0.717, 1.165) is 11.8 Å². The number of nitrogens with zero attached hydrogens (tertiary/aromatic N) is 1. The van der Waals surface area contributed by atoms with Crippen LogP contribution in [0.25, 0.3) is 0 Å². The zero-order valence-corrected chi connectivity index (χ0v) is 13.2. The Kier molecular flexibility index (Phi) is 5.13. The lowest BCUT2D eigenvalue weighted by Crippen LogP contribution is -2.14. The molecule has 0 aliphatic rings. The highest BCUT2D eigenvalue weighted by atomic mass is 31.1. The maximum absolute atomic E-state index is 4.59. The lowest BCUT2D eigenvalue weighted by atomic mass is 10.3. The lowest BCUT2D eigenvalue weighted by molar-refractivity contribution is 1.53. The molecule has 0 aliphatic carbocycles. The predicted molar refractivity (Wildman–Crippen MR) is 98.5 cm³/mol. The molecule has 0 spiro atoms. The number of benzene rings is 3. The number of aliphatic imine (C=N–C) groups is 1. The first-order valence-corrected chi connectivity index (χ1v) is 8.91. The number of para-hydroxylation sites is 1. The topological polar surface area (TPSA) is 12.4 Å². The fourth-order valence-corrected chi connectivity index (χ4v) is 4.35. The average Bonchev–Trinajstić information content (AvgIpc) is 2.61. The quantitative estimate of drug-likeness (QED) is 0.485. The van der Waals surface area contributed by atoms with E-state index in [-0.39, 0.29) is 0 Å². The monoisotopic (exact) mass is 303 g/mol. The Balaban J connectivity index is 1.82. The van der Waals surface area contributed by atoms with Crippen LogP contribution in [-0.4, -0.2) is 12.4 Å². The molecule has 3 aromatic carbocycles. The third-order valence-corrected chi connectivity index (χ3v) is 5.77. The summed E-state index contributed by atoms with van der Waals surface area (Å²) in [5, 5.41) is 2.78. The van der Waals surface area contributed by atoms with E-state index in [2.05, 4.69) is 71.9 Å². The van der Waals surface area contributed by atoms with Crippen molar-refractivity contribution in [2.75, 3.05) is 6.16 Å². The van der Waals surface area contributed by atoms with Gasteiger partial charge in [-0.3, -0.25) is 4.99 Å². The van der Waals surface area contributed by atoms with Crippen molar-refractivity contribution in [2.45, 2.75) is 0 Å². The van der Waals surface area contributed by atoms with Crippen LogP contribution in [0.1, 0.15) is 0 Å². The summed E-state index contributed by atoms with van der Waals surface area (Å²) in [7, 11) is -0.396. The molecule has 3 aromatic rings. The number of hydrogen-bond donors (Lipinski definition) is 0. The van der Waals surface area contributed by atoms with Gasteiger partial charge in [0.1, 0.15) is 0 Å². The Morgan fingerprint density at radius 3 is 1.59 bits per heavy atom. The van der Waals surface area contributed by atoms with E-state index < -0.39 is 7.92 Å². The van der Waals surface area contributed by atoms with Gasteiger partial charge in [-0.25, -0.2) is 0 Å². The predicted octanol–water partition coefficient (Wildman–Crippen LogP) is 4.52. The third-order valence-electron chi connectivity index (χ3n) is 3.40. The zero-order valence-electron chi connectivity index (χ0n) is 12.3.